The fraction of sp³-hybridized carbons (Fsp3) is 0.300. The average Bonchev–Trinajstić information content (AvgIpc) is 3.25. The molecule has 1 heterocycles. The largest absolute Gasteiger partial charge is 0.495 e. The van der Waals surface area contributed by atoms with Crippen molar-refractivity contribution < 1.29 is 32.6 Å². The molecule has 0 aliphatic carbocycles. The summed E-state index contributed by atoms with van der Waals surface area (Å²) in [5.41, 5.74) is -0.0173. The lowest BCUT2D eigenvalue weighted by molar-refractivity contribution is 0.0696. The maximum Gasteiger partial charge on any atom is 0.335 e. The van der Waals surface area contributed by atoms with Gasteiger partial charge in [0.1, 0.15) is 10.6 Å². The van der Waals surface area contributed by atoms with E-state index >= 15 is 0 Å². The Labute approximate surface area is 174 Å². The van der Waals surface area contributed by atoms with Crippen LogP contribution in [0.15, 0.2) is 47.4 Å². The van der Waals surface area contributed by atoms with Crippen LogP contribution < -0.4 is 14.8 Å². The van der Waals surface area contributed by atoms with Crippen molar-refractivity contribution in [3.63, 3.8) is 0 Å². The number of rotatable bonds is 8. The van der Waals surface area contributed by atoms with Crippen molar-refractivity contribution >= 4 is 27.6 Å². The van der Waals surface area contributed by atoms with Gasteiger partial charge in [-0.25, -0.2) is 13.2 Å². The van der Waals surface area contributed by atoms with Crippen molar-refractivity contribution in [2.24, 2.45) is 0 Å². The SMILES string of the molecule is COc1ccc(C(=O)O)cc1S(=O)(=O)Nc1ccccc1C(=O)NC[C@@H]1CCCO1. The summed E-state index contributed by atoms with van der Waals surface area (Å²) in [4.78, 5) is 23.5. The lowest BCUT2D eigenvalue weighted by atomic mass is 10.1. The fourth-order valence-corrected chi connectivity index (χ4v) is 4.37. The average molecular weight is 434 g/mol. The van der Waals surface area contributed by atoms with Crippen molar-refractivity contribution in [3.05, 3.63) is 53.6 Å². The van der Waals surface area contributed by atoms with Crippen LogP contribution in [-0.2, 0) is 14.8 Å². The fourth-order valence-electron chi connectivity index (χ4n) is 3.10. The van der Waals surface area contributed by atoms with Gasteiger partial charge in [0.25, 0.3) is 15.9 Å². The predicted molar refractivity (Wildman–Crippen MR) is 109 cm³/mol. The number of sulfonamides is 1. The summed E-state index contributed by atoms with van der Waals surface area (Å²) in [6, 6.07) is 9.65. The van der Waals surface area contributed by atoms with Gasteiger partial charge in [-0.15, -0.1) is 0 Å². The molecule has 1 saturated heterocycles. The van der Waals surface area contributed by atoms with Gasteiger partial charge >= 0.3 is 5.97 Å². The van der Waals surface area contributed by atoms with E-state index in [2.05, 4.69) is 10.0 Å². The van der Waals surface area contributed by atoms with E-state index in [-0.39, 0.29) is 33.6 Å². The maximum atomic E-state index is 13.0. The zero-order chi connectivity index (χ0) is 21.7. The second-order valence-electron chi connectivity index (χ2n) is 6.67. The number of carboxylic acids is 1. The molecule has 9 nitrogen and oxygen atoms in total. The second kappa shape index (κ2) is 9.14. The van der Waals surface area contributed by atoms with Gasteiger partial charge < -0.3 is 19.9 Å². The number of carbonyl (C=O) groups excluding carboxylic acids is 1. The van der Waals surface area contributed by atoms with Gasteiger partial charge in [-0.1, -0.05) is 12.1 Å². The van der Waals surface area contributed by atoms with Crippen molar-refractivity contribution in [2.45, 2.75) is 23.8 Å². The van der Waals surface area contributed by atoms with Crippen molar-refractivity contribution in [1.29, 1.82) is 0 Å². The number of anilines is 1. The standard InChI is InChI=1S/C20H22N2O7S/c1-28-17-9-8-13(20(24)25)11-18(17)30(26,27)22-16-7-3-2-6-15(16)19(23)21-12-14-5-4-10-29-14/h2-3,6-9,11,14,22H,4-5,10,12H2,1H3,(H,21,23)(H,24,25)/t14-/m0/s1. The van der Waals surface area contributed by atoms with Crippen LogP contribution in [-0.4, -0.2) is 51.8 Å². The third-order valence-corrected chi connectivity index (χ3v) is 6.02. The lowest BCUT2D eigenvalue weighted by Gasteiger charge is -2.16. The Morgan fingerprint density at radius 2 is 2.00 bits per heavy atom. The first kappa shape index (κ1) is 21.6. The zero-order valence-electron chi connectivity index (χ0n) is 16.3. The Morgan fingerprint density at radius 3 is 2.67 bits per heavy atom. The molecule has 1 aliphatic heterocycles. The lowest BCUT2D eigenvalue weighted by Crippen LogP contribution is -2.32. The number of ether oxygens (including phenoxy) is 2. The van der Waals surface area contributed by atoms with E-state index in [0.717, 1.165) is 18.9 Å². The van der Waals surface area contributed by atoms with E-state index in [1.54, 1.807) is 12.1 Å². The van der Waals surface area contributed by atoms with Gasteiger partial charge in [0.15, 0.2) is 0 Å². The third kappa shape index (κ3) is 4.89. The summed E-state index contributed by atoms with van der Waals surface area (Å²) in [5.74, 6) is -1.74. The number of carbonyl (C=O) groups is 2. The predicted octanol–water partition coefficient (Wildman–Crippen LogP) is 2.10. The first-order valence-corrected chi connectivity index (χ1v) is 10.7. The van der Waals surface area contributed by atoms with Crippen LogP contribution >= 0.6 is 0 Å². The number of amides is 1. The quantitative estimate of drug-likeness (QED) is 0.580. The number of aromatic carboxylic acids is 1. The van der Waals surface area contributed by atoms with Crippen LogP contribution in [0.5, 0.6) is 5.75 Å². The topological polar surface area (TPSA) is 131 Å². The number of methoxy groups -OCH3 is 1. The molecule has 10 heteroatoms. The second-order valence-corrected chi connectivity index (χ2v) is 8.32. The summed E-state index contributed by atoms with van der Waals surface area (Å²) < 4.78 is 38.8. The molecule has 30 heavy (non-hydrogen) atoms. The van der Waals surface area contributed by atoms with Crippen LogP contribution in [0.4, 0.5) is 5.69 Å². The van der Waals surface area contributed by atoms with E-state index in [0.29, 0.717) is 13.2 Å². The highest BCUT2D eigenvalue weighted by Crippen LogP contribution is 2.28. The molecule has 1 aliphatic rings. The van der Waals surface area contributed by atoms with Gasteiger partial charge in [0, 0.05) is 13.2 Å². The van der Waals surface area contributed by atoms with E-state index in [9.17, 15) is 23.1 Å². The van der Waals surface area contributed by atoms with Crippen LogP contribution in [0.25, 0.3) is 0 Å². The molecule has 0 unspecified atom stereocenters. The Kier molecular flexibility index (Phi) is 6.58. The third-order valence-electron chi connectivity index (χ3n) is 4.63. The molecule has 0 aromatic heterocycles. The molecule has 3 rings (SSSR count). The van der Waals surface area contributed by atoms with E-state index in [1.165, 1.54) is 31.4 Å². The maximum absolute atomic E-state index is 13.0. The Hall–Kier alpha value is -3.11. The normalized spacial score (nSPS) is 16.1. The zero-order valence-corrected chi connectivity index (χ0v) is 17.1. The highest BCUT2D eigenvalue weighted by Gasteiger charge is 2.24. The molecule has 0 bridgehead atoms. The molecule has 1 amide bonds. The van der Waals surface area contributed by atoms with Crippen LogP contribution in [0, 0.1) is 0 Å². The Balaban J connectivity index is 1.86. The highest BCUT2D eigenvalue weighted by molar-refractivity contribution is 7.92. The molecule has 3 N–H and O–H groups in total. The Bertz CT molecular complexity index is 1050. The summed E-state index contributed by atoms with van der Waals surface area (Å²) in [6.07, 6.45) is 1.74. The molecule has 0 spiro atoms. The first-order valence-electron chi connectivity index (χ1n) is 9.25. The molecule has 0 saturated carbocycles. The molecule has 2 aromatic carbocycles. The van der Waals surface area contributed by atoms with Gasteiger partial charge in [-0.3, -0.25) is 9.52 Å². The Morgan fingerprint density at radius 1 is 1.23 bits per heavy atom. The minimum Gasteiger partial charge on any atom is -0.495 e. The summed E-state index contributed by atoms with van der Waals surface area (Å²) in [7, 11) is -2.96. The number of hydrogen-bond acceptors (Lipinski definition) is 6. The summed E-state index contributed by atoms with van der Waals surface area (Å²) >= 11 is 0. The van der Waals surface area contributed by atoms with E-state index in [1.807, 2.05) is 0 Å². The number of para-hydroxylation sites is 1. The molecular weight excluding hydrogens is 412 g/mol. The highest BCUT2D eigenvalue weighted by atomic mass is 32.2. The van der Waals surface area contributed by atoms with Gasteiger partial charge in [-0.05, 0) is 43.2 Å². The van der Waals surface area contributed by atoms with Crippen molar-refractivity contribution in [2.75, 3.05) is 25.0 Å². The number of hydrogen-bond donors (Lipinski definition) is 3. The number of carboxylic acid groups (broad SMARTS) is 1. The molecule has 2 aromatic rings. The summed E-state index contributed by atoms with van der Waals surface area (Å²) in [6.45, 7) is 0.989. The smallest absolute Gasteiger partial charge is 0.335 e. The van der Waals surface area contributed by atoms with Gasteiger partial charge in [0.2, 0.25) is 0 Å². The van der Waals surface area contributed by atoms with Crippen LogP contribution in [0.1, 0.15) is 33.6 Å². The van der Waals surface area contributed by atoms with E-state index in [4.69, 9.17) is 9.47 Å². The van der Waals surface area contributed by atoms with E-state index < -0.39 is 21.9 Å². The minimum atomic E-state index is -4.24. The van der Waals surface area contributed by atoms with Crippen LogP contribution in [0.2, 0.25) is 0 Å². The molecular formula is C20H22N2O7S. The van der Waals surface area contributed by atoms with Gasteiger partial charge in [-0.2, -0.15) is 0 Å². The summed E-state index contributed by atoms with van der Waals surface area (Å²) in [5, 5.41) is 11.9. The van der Waals surface area contributed by atoms with Crippen molar-refractivity contribution in [1.82, 2.24) is 5.32 Å². The van der Waals surface area contributed by atoms with Gasteiger partial charge in [0.05, 0.1) is 30.0 Å². The molecule has 1 fully saturated rings. The number of benzene rings is 2. The molecule has 1 atom stereocenters. The van der Waals surface area contributed by atoms with Crippen LogP contribution in [0.3, 0.4) is 0 Å². The van der Waals surface area contributed by atoms with Crippen molar-refractivity contribution in [3.8, 4) is 5.75 Å². The molecule has 160 valence electrons. The number of nitrogens with one attached hydrogen (secondary N) is 2. The minimum absolute atomic E-state index is 0.0205. The first-order chi connectivity index (χ1) is 14.3. The molecule has 0 radical (unpaired) electrons. The monoisotopic (exact) mass is 434 g/mol.